The highest BCUT2D eigenvalue weighted by atomic mass is 16.6. The predicted molar refractivity (Wildman–Crippen MR) is 44.5 cm³/mol. The quantitative estimate of drug-likeness (QED) is 0.594. The summed E-state index contributed by atoms with van der Waals surface area (Å²) in [7, 11) is 0. The number of ether oxygens (including phenoxy) is 1. The first-order valence-corrected chi connectivity index (χ1v) is 5.11. The Morgan fingerprint density at radius 2 is 2.25 bits per heavy atom. The molecule has 3 aliphatic rings. The summed E-state index contributed by atoms with van der Waals surface area (Å²) in [5, 5.41) is 9.78. The Morgan fingerprint density at radius 3 is 2.75 bits per heavy atom. The maximum Gasteiger partial charge on any atom is 0.160 e. The van der Waals surface area contributed by atoms with Crippen molar-refractivity contribution in [2.75, 3.05) is 6.61 Å². The molecule has 2 heteroatoms. The largest absolute Gasteiger partial charge is 0.367 e. The Bertz CT molecular complexity index is 204. The molecule has 1 spiro atoms. The van der Waals surface area contributed by atoms with Gasteiger partial charge in [-0.2, -0.15) is 0 Å². The van der Waals surface area contributed by atoms with E-state index >= 15 is 0 Å². The molecule has 2 nitrogen and oxygen atoms in total. The van der Waals surface area contributed by atoms with Crippen LogP contribution in [0.5, 0.6) is 0 Å². The molecule has 1 aliphatic heterocycles. The molecule has 2 bridgehead atoms. The molecular formula is C10H16O2. The Hall–Kier alpha value is -0.0800. The van der Waals surface area contributed by atoms with Crippen LogP contribution in [0.25, 0.3) is 0 Å². The molecule has 1 N–H and O–H groups in total. The average molecular weight is 168 g/mol. The lowest BCUT2D eigenvalue weighted by molar-refractivity contribution is -0.134. The van der Waals surface area contributed by atoms with Gasteiger partial charge in [0.1, 0.15) is 0 Å². The average Bonchev–Trinajstić information content (AvgIpc) is 2.69. The number of hydrogen-bond donors (Lipinski definition) is 1. The molecule has 12 heavy (non-hydrogen) atoms. The molecule has 4 unspecified atom stereocenters. The van der Waals surface area contributed by atoms with Crippen molar-refractivity contribution < 1.29 is 9.84 Å². The molecular weight excluding hydrogens is 152 g/mol. The van der Waals surface area contributed by atoms with Crippen molar-refractivity contribution in [3.05, 3.63) is 0 Å². The first-order chi connectivity index (χ1) is 5.81. The summed E-state index contributed by atoms with van der Waals surface area (Å²) in [6, 6.07) is 0. The maximum absolute atomic E-state index is 9.78. The molecule has 0 amide bonds. The van der Waals surface area contributed by atoms with Crippen LogP contribution in [-0.4, -0.2) is 18.0 Å². The third-order valence-corrected chi connectivity index (χ3v) is 4.36. The Kier molecular flexibility index (Phi) is 1.37. The number of rotatable bonds is 0. The Labute approximate surface area is 72.9 Å². The molecule has 68 valence electrons. The van der Waals surface area contributed by atoms with Gasteiger partial charge in [-0.25, -0.2) is 0 Å². The third-order valence-electron chi connectivity index (χ3n) is 4.36. The van der Waals surface area contributed by atoms with Gasteiger partial charge in [-0.05, 0) is 37.5 Å². The molecule has 0 aromatic carbocycles. The lowest BCUT2D eigenvalue weighted by atomic mass is 9.71. The van der Waals surface area contributed by atoms with E-state index in [-0.39, 0.29) is 5.41 Å². The zero-order chi connectivity index (χ0) is 8.18. The van der Waals surface area contributed by atoms with Crippen LogP contribution in [0.3, 0.4) is 0 Å². The normalized spacial score (nSPS) is 57.2. The predicted octanol–water partition coefficient (Wildman–Crippen LogP) is 1.53. The van der Waals surface area contributed by atoms with Gasteiger partial charge in [-0.15, -0.1) is 0 Å². The molecule has 0 radical (unpaired) electrons. The third kappa shape index (κ3) is 0.728. The summed E-state index contributed by atoms with van der Waals surface area (Å²) in [5.41, 5.74) is 0.197. The molecule has 2 aliphatic carbocycles. The fourth-order valence-corrected chi connectivity index (χ4v) is 3.75. The van der Waals surface area contributed by atoms with Crippen LogP contribution < -0.4 is 0 Å². The van der Waals surface area contributed by atoms with E-state index in [1.54, 1.807) is 0 Å². The molecule has 0 aromatic heterocycles. The van der Waals surface area contributed by atoms with Gasteiger partial charge in [-0.1, -0.05) is 6.42 Å². The van der Waals surface area contributed by atoms with E-state index < -0.39 is 6.29 Å². The van der Waals surface area contributed by atoms with Gasteiger partial charge in [0.2, 0.25) is 0 Å². The monoisotopic (exact) mass is 168 g/mol. The number of fused-ring (bicyclic) bond motifs is 3. The van der Waals surface area contributed by atoms with E-state index in [9.17, 15) is 5.11 Å². The van der Waals surface area contributed by atoms with Crippen molar-refractivity contribution in [3.8, 4) is 0 Å². The summed E-state index contributed by atoms with van der Waals surface area (Å²) in [4.78, 5) is 0. The van der Waals surface area contributed by atoms with E-state index in [2.05, 4.69) is 0 Å². The number of aliphatic hydroxyl groups excluding tert-OH is 1. The van der Waals surface area contributed by atoms with Crippen LogP contribution in [0.2, 0.25) is 0 Å². The highest BCUT2D eigenvalue weighted by Gasteiger charge is 2.57. The van der Waals surface area contributed by atoms with Gasteiger partial charge in [-0.3, -0.25) is 0 Å². The van der Waals surface area contributed by atoms with E-state index in [0.717, 1.165) is 24.9 Å². The SMILES string of the molecule is OC1OCCC12CC1CCC2C1. The number of hydrogen-bond acceptors (Lipinski definition) is 2. The smallest absolute Gasteiger partial charge is 0.160 e. The minimum absolute atomic E-state index is 0.197. The van der Waals surface area contributed by atoms with Crippen LogP contribution in [0.15, 0.2) is 0 Å². The van der Waals surface area contributed by atoms with Crippen molar-refractivity contribution >= 4 is 0 Å². The van der Waals surface area contributed by atoms with Crippen molar-refractivity contribution in [2.24, 2.45) is 17.3 Å². The fourth-order valence-electron chi connectivity index (χ4n) is 3.75. The van der Waals surface area contributed by atoms with E-state index in [0.29, 0.717) is 0 Å². The van der Waals surface area contributed by atoms with Crippen LogP contribution in [0.4, 0.5) is 0 Å². The molecule has 2 saturated carbocycles. The standard InChI is InChI=1S/C10H16O2/c11-9-10(3-4-12-9)6-7-1-2-8(10)5-7/h7-9,11H,1-6H2. The topological polar surface area (TPSA) is 29.5 Å². The van der Waals surface area contributed by atoms with Gasteiger partial charge in [0.05, 0.1) is 6.61 Å². The Balaban J connectivity index is 1.91. The summed E-state index contributed by atoms with van der Waals surface area (Å²) >= 11 is 0. The van der Waals surface area contributed by atoms with Gasteiger partial charge in [0, 0.05) is 5.41 Å². The molecule has 3 fully saturated rings. The van der Waals surface area contributed by atoms with Gasteiger partial charge in [0.25, 0.3) is 0 Å². The van der Waals surface area contributed by atoms with E-state index in [4.69, 9.17) is 4.74 Å². The van der Waals surface area contributed by atoms with Crippen molar-refractivity contribution in [3.63, 3.8) is 0 Å². The van der Waals surface area contributed by atoms with E-state index in [1.807, 2.05) is 0 Å². The van der Waals surface area contributed by atoms with E-state index in [1.165, 1.54) is 25.7 Å². The summed E-state index contributed by atoms with van der Waals surface area (Å²) in [6.45, 7) is 0.782. The highest BCUT2D eigenvalue weighted by Crippen LogP contribution is 2.61. The Morgan fingerprint density at radius 1 is 1.33 bits per heavy atom. The molecule has 1 heterocycles. The second kappa shape index (κ2) is 2.24. The summed E-state index contributed by atoms with van der Waals surface area (Å²) in [6.07, 6.45) is 6.01. The maximum atomic E-state index is 9.78. The van der Waals surface area contributed by atoms with Crippen LogP contribution >= 0.6 is 0 Å². The van der Waals surface area contributed by atoms with Crippen molar-refractivity contribution in [1.82, 2.24) is 0 Å². The second-order valence-electron chi connectivity index (χ2n) is 4.79. The molecule has 0 aromatic rings. The van der Waals surface area contributed by atoms with Crippen molar-refractivity contribution in [1.29, 1.82) is 0 Å². The van der Waals surface area contributed by atoms with Crippen LogP contribution in [0.1, 0.15) is 32.1 Å². The number of aliphatic hydroxyl groups is 1. The summed E-state index contributed by atoms with van der Waals surface area (Å²) in [5.74, 6) is 1.69. The van der Waals surface area contributed by atoms with Gasteiger partial charge < -0.3 is 9.84 Å². The first kappa shape index (κ1) is 7.34. The minimum atomic E-state index is -0.437. The van der Waals surface area contributed by atoms with Crippen LogP contribution in [0, 0.1) is 17.3 Å². The first-order valence-electron chi connectivity index (χ1n) is 5.11. The minimum Gasteiger partial charge on any atom is -0.367 e. The van der Waals surface area contributed by atoms with Crippen LogP contribution in [-0.2, 0) is 4.74 Å². The molecule has 3 rings (SSSR count). The second-order valence-corrected chi connectivity index (χ2v) is 4.79. The molecule has 1 saturated heterocycles. The zero-order valence-corrected chi connectivity index (χ0v) is 7.33. The van der Waals surface area contributed by atoms with Gasteiger partial charge >= 0.3 is 0 Å². The summed E-state index contributed by atoms with van der Waals surface area (Å²) < 4.78 is 5.30. The van der Waals surface area contributed by atoms with Gasteiger partial charge in [0.15, 0.2) is 6.29 Å². The lowest BCUT2D eigenvalue weighted by Crippen LogP contribution is -2.35. The highest BCUT2D eigenvalue weighted by molar-refractivity contribution is 5.03. The fraction of sp³-hybridized carbons (Fsp3) is 1.00. The molecule has 4 atom stereocenters. The van der Waals surface area contributed by atoms with Crippen molar-refractivity contribution in [2.45, 2.75) is 38.4 Å². The zero-order valence-electron chi connectivity index (χ0n) is 7.33. The lowest BCUT2D eigenvalue weighted by Gasteiger charge is -2.35.